The summed E-state index contributed by atoms with van der Waals surface area (Å²) < 4.78 is 0. The molecule has 0 radical (unpaired) electrons. The number of carbonyl (C=O) groups is 2. The summed E-state index contributed by atoms with van der Waals surface area (Å²) in [6.45, 7) is 8.19. The van der Waals surface area contributed by atoms with Gasteiger partial charge >= 0.3 is 0 Å². The first-order valence-corrected chi connectivity index (χ1v) is 11.7. The number of amides is 2. The molecule has 6 heteroatoms. The highest BCUT2D eigenvalue weighted by molar-refractivity contribution is 8.01. The largest absolute Gasteiger partial charge is 0.347 e. The van der Waals surface area contributed by atoms with Crippen LogP contribution in [0.4, 0.5) is 5.69 Å². The molecule has 4 nitrogen and oxygen atoms in total. The van der Waals surface area contributed by atoms with Gasteiger partial charge in [0, 0.05) is 10.6 Å². The fraction of sp³-hybridized carbons (Fsp3) is 0.455. The summed E-state index contributed by atoms with van der Waals surface area (Å²) in [5.74, 6) is 0.545. The van der Waals surface area contributed by atoms with E-state index in [9.17, 15) is 9.59 Å². The van der Waals surface area contributed by atoms with Crippen molar-refractivity contribution in [1.82, 2.24) is 5.32 Å². The Balaban J connectivity index is 1.88. The number of carbonyl (C=O) groups excluding carboxylic acids is 2. The Bertz CT molecular complexity index is 740. The van der Waals surface area contributed by atoms with Crippen molar-refractivity contribution in [3.8, 4) is 0 Å². The average Bonchev–Trinajstić information content (AvgIpc) is 3.22. The molecule has 0 saturated carbocycles. The zero-order valence-electron chi connectivity index (χ0n) is 17.0. The zero-order chi connectivity index (χ0) is 20.5. The first kappa shape index (κ1) is 22.5. The van der Waals surface area contributed by atoms with Crippen LogP contribution in [0.5, 0.6) is 0 Å². The minimum absolute atomic E-state index is 0.0153. The number of rotatable bonds is 10. The van der Waals surface area contributed by atoms with Crippen molar-refractivity contribution in [2.75, 3.05) is 11.1 Å². The Labute approximate surface area is 176 Å². The van der Waals surface area contributed by atoms with Crippen LogP contribution in [-0.2, 0) is 9.59 Å². The van der Waals surface area contributed by atoms with E-state index in [0.29, 0.717) is 5.92 Å². The number of benzene rings is 1. The van der Waals surface area contributed by atoms with Gasteiger partial charge in [0.25, 0.3) is 0 Å². The molecule has 2 unspecified atom stereocenters. The van der Waals surface area contributed by atoms with Gasteiger partial charge in [0.05, 0.1) is 17.0 Å². The highest BCUT2D eigenvalue weighted by Crippen LogP contribution is 2.31. The maximum Gasteiger partial charge on any atom is 0.234 e. The van der Waals surface area contributed by atoms with Gasteiger partial charge in [0.2, 0.25) is 11.8 Å². The minimum Gasteiger partial charge on any atom is -0.347 e. The maximum atomic E-state index is 12.7. The molecule has 0 aliphatic heterocycles. The van der Waals surface area contributed by atoms with E-state index < -0.39 is 0 Å². The van der Waals surface area contributed by atoms with Crippen molar-refractivity contribution >= 4 is 40.6 Å². The summed E-state index contributed by atoms with van der Waals surface area (Å²) in [7, 11) is 0. The second-order valence-corrected chi connectivity index (χ2v) is 9.25. The van der Waals surface area contributed by atoms with Gasteiger partial charge in [-0.05, 0) is 43.3 Å². The van der Waals surface area contributed by atoms with Gasteiger partial charge in [0.1, 0.15) is 0 Å². The van der Waals surface area contributed by atoms with Crippen LogP contribution < -0.4 is 10.6 Å². The summed E-state index contributed by atoms with van der Waals surface area (Å²) in [4.78, 5) is 26.1. The Morgan fingerprint density at radius 2 is 1.79 bits per heavy atom. The van der Waals surface area contributed by atoms with Crippen LogP contribution in [0.2, 0.25) is 0 Å². The predicted molar refractivity (Wildman–Crippen MR) is 121 cm³/mol. The van der Waals surface area contributed by atoms with Crippen molar-refractivity contribution < 1.29 is 9.59 Å². The Morgan fingerprint density at radius 1 is 1.11 bits per heavy atom. The van der Waals surface area contributed by atoms with E-state index >= 15 is 0 Å². The normalized spacial score (nSPS) is 13.2. The molecule has 2 rings (SSSR count). The lowest BCUT2D eigenvalue weighted by Gasteiger charge is -2.27. The van der Waals surface area contributed by atoms with Gasteiger partial charge in [0.15, 0.2) is 0 Å². The van der Waals surface area contributed by atoms with Crippen LogP contribution in [0.15, 0.2) is 41.8 Å². The molecule has 2 amide bonds. The third-order valence-electron chi connectivity index (χ3n) is 4.84. The summed E-state index contributed by atoms with van der Waals surface area (Å²) in [5, 5.41) is 7.85. The van der Waals surface area contributed by atoms with Crippen molar-refractivity contribution in [3.05, 3.63) is 52.2 Å². The molecule has 1 aromatic heterocycles. The highest BCUT2D eigenvalue weighted by Gasteiger charge is 2.25. The monoisotopic (exact) mass is 418 g/mol. The quantitative estimate of drug-likeness (QED) is 0.542. The maximum absolute atomic E-state index is 12.7. The van der Waals surface area contributed by atoms with E-state index in [1.54, 1.807) is 11.3 Å². The van der Waals surface area contributed by atoms with Crippen molar-refractivity contribution in [3.63, 3.8) is 0 Å². The molecular weight excluding hydrogens is 388 g/mol. The van der Waals surface area contributed by atoms with E-state index in [1.165, 1.54) is 16.6 Å². The summed E-state index contributed by atoms with van der Waals surface area (Å²) in [5.41, 5.74) is 1.93. The first-order chi connectivity index (χ1) is 13.4. The molecule has 2 N–H and O–H groups in total. The number of thioether (sulfide) groups is 1. The van der Waals surface area contributed by atoms with Crippen molar-refractivity contribution in [1.29, 1.82) is 0 Å². The van der Waals surface area contributed by atoms with Crippen molar-refractivity contribution in [2.24, 2.45) is 5.92 Å². The molecule has 0 aliphatic rings. The van der Waals surface area contributed by atoms with Gasteiger partial charge < -0.3 is 10.6 Å². The summed E-state index contributed by atoms with van der Waals surface area (Å²) >= 11 is 3.04. The molecule has 28 heavy (non-hydrogen) atoms. The van der Waals surface area contributed by atoms with Gasteiger partial charge in [-0.3, -0.25) is 9.59 Å². The van der Waals surface area contributed by atoms with Crippen LogP contribution >= 0.6 is 23.1 Å². The summed E-state index contributed by atoms with van der Waals surface area (Å²) in [6, 6.07) is 11.8. The Kier molecular flexibility index (Phi) is 9.06. The number of hydrogen-bond acceptors (Lipinski definition) is 4. The molecule has 152 valence electrons. The summed E-state index contributed by atoms with van der Waals surface area (Å²) in [6.07, 6.45) is 2.03. The smallest absolute Gasteiger partial charge is 0.234 e. The second-order valence-electron chi connectivity index (χ2n) is 6.95. The van der Waals surface area contributed by atoms with E-state index in [2.05, 4.69) is 30.5 Å². The van der Waals surface area contributed by atoms with Crippen LogP contribution in [0.1, 0.15) is 50.1 Å². The molecule has 2 atom stereocenters. The van der Waals surface area contributed by atoms with E-state index in [-0.39, 0.29) is 28.9 Å². The Hall–Kier alpha value is -1.79. The molecule has 2 aromatic rings. The third-order valence-corrected chi connectivity index (χ3v) is 6.93. The number of nitrogens with one attached hydrogen (secondary N) is 2. The van der Waals surface area contributed by atoms with Crippen LogP contribution in [0.3, 0.4) is 0 Å². The lowest BCUT2D eigenvalue weighted by atomic mass is 9.93. The van der Waals surface area contributed by atoms with E-state index in [4.69, 9.17) is 0 Å². The van der Waals surface area contributed by atoms with E-state index in [0.717, 1.165) is 24.1 Å². The number of hydrogen-bond donors (Lipinski definition) is 2. The molecule has 0 saturated heterocycles. The molecule has 0 bridgehead atoms. The predicted octanol–water partition coefficient (Wildman–Crippen LogP) is 5.41. The molecule has 0 fully saturated rings. The molecule has 1 heterocycles. The molecular formula is C22H30N2O2S2. The number of anilines is 1. The fourth-order valence-electron chi connectivity index (χ4n) is 3.03. The standard InChI is InChI=1S/C22H30N2O2S2/c1-5-17(6-2)21(19-8-7-13-27-19)24-22(26)16(4)28-14-20(25)23-18-11-9-15(3)10-12-18/h7-13,16-17,21H,5-6,14H2,1-4H3,(H,23,25)(H,24,26). The van der Waals surface area contributed by atoms with Gasteiger partial charge in [-0.25, -0.2) is 0 Å². The van der Waals surface area contributed by atoms with E-state index in [1.807, 2.05) is 49.6 Å². The first-order valence-electron chi connectivity index (χ1n) is 9.76. The van der Waals surface area contributed by atoms with Gasteiger partial charge in [-0.15, -0.1) is 23.1 Å². The molecule has 0 spiro atoms. The van der Waals surface area contributed by atoms with Gasteiger partial charge in [-0.2, -0.15) is 0 Å². The lowest BCUT2D eigenvalue weighted by molar-refractivity contribution is -0.121. The third kappa shape index (κ3) is 6.67. The average molecular weight is 419 g/mol. The Morgan fingerprint density at radius 3 is 2.36 bits per heavy atom. The SMILES string of the molecule is CCC(CC)C(NC(=O)C(C)SCC(=O)Nc1ccc(C)cc1)c1cccs1. The van der Waals surface area contributed by atoms with Crippen LogP contribution in [0, 0.1) is 12.8 Å². The molecule has 0 aliphatic carbocycles. The van der Waals surface area contributed by atoms with Gasteiger partial charge in [-0.1, -0.05) is 50.5 Å². The second kappa shape index (κ2) is 11.3. The van der Waals surface area contributed by atoms with Crippen LogP contribution in [0.25, 0.3) is 0 Å². The zero-order valence-corrected chi connectivity index (χ0v) is 18.7. The molecule has 1 aromatic carbocycles. The number of aryl methyl sites for hydroxylation is 1. The number of thiophene rings is 1. The van der Waals surface area contributed by atoms with Crippen LogP contribution in [-0.4, -0.2) is 22.8 Å². The lowest BCUT2D eigenvalue weighted by Crippen LogP contribution is -2.37. The van der Waals surface area contributed by atoms with Crippen molar-refractivity contribution in [2.45, 2.75) is 51.8 Å². The highest BCUT2D eigenvalue weighted by atomic mass is 32.2. The minimum atomic E-state index is -0.291. The topological polar surface area (TPSA) is 58.2 Å². The fourth-order valence-corrected chi connectivity index (χ4v) is 4.59.